The number of pyridine rings is 1. The highest BCUT2D eigenvalue weighted by Gasteiger charge is 2.30. The Morgan fingerprint density at radius 3 is 2.39 bits per heavy atom. The lowest BCUT2D eigenvalue weighted by atomic mass is 10.2. The van der Waals surface area contributed by atoms with E-state index in [9.17, 15) is 18.0 Å². The first-order valence-electron chi connectivity index (χ1n) is 8.13. The van der Waals surface area contributed by atoms with Gasteiger partial charge in [-0.3, -0.25) is 4.90 Å². The maximum absolute atomic E-state index is 12.5. The van der Waals surface area contributed by atoms with E-state index in [-0.39, 0.29) is 24.8 Å². The molecule has 0 bridgehead atoms. The SMILES string of the molecule is O=C(Oc1ccc(Oc2ccc(C(F)(F)F)cn2)cc1)N1C=CC(CO)=CC1. The Hall–Kier alpha value is -3.33. The van der Waals surface area contributed by atoms with Gasteiger partial charge in [0.05, 0.1) is 12.2 Å². The van der Waals surface area contributed by atoms with Crippen LogP contribution >= 0.6 is 0 Å². The zero-order chi connectivity index (χ0) is 20.1. The quantitative estimate of drug-likeness (QED) is 0.847. The lowest BCUT2D eigenvalue weighted by Crippen LogP contribution is -2.30. The summed E-state index contributed by atoms with van der Waals surface area (Å²) in [7, 11) is 0. The molecule has 1 aromatic carbocycles. The Kier molecular flexibility index (Phi) is 5.65. The maximum Gasteiger partial charge on any atom is 0.419 e. The lowest BCUT2D eigenvalue weighted by molar-refractivity contribution is -0.137. The van der Waals surface area contributed by atoms with Gasteiger partial charge in [0, 0.05) is 25.0 Å². The highest BCUT2D eigenvalue weighted by Crippen LogP contribution is 2.30. The van der Waals surface area contributed by atoms with Crippen LogP contribution in [0.5, 0.6) is 17.4 Å². The number of aliphatic hydroxyl groups is 1. The number of nitrogens with zero attached hydrogens (tertiary/aromatic N) is 2. The van der Waals surface area contributed by atoms with E-state index in [1.165, 1.54) is 35.4 Å². The molecule has 6 nitrogen and oxygen atoms in total. The summed E-state index contributed by atoms with van der Waals surface area (Å²) in [5, 5.41) is 9.01. The van der Waals surface area contributed by atoms with Gasteiger partial charge in [-0.25, -0.2) is 9.78 Å². The van der Waals surface area contributed by atoms with E-state index in [1.807, 2.05) is 0 Å². The number of carbonyl (C=O) groups is 1. The first-order valence-corrected chi connectivity index (χ1v) is 8.13. The summed E-state index contributed by atoms with van der Waals surface area (Å²) in [5.41, 5.74) is -0.155. The highest BCUT2D eigenvalue weighted by molar-refractivity contribution is 5.72. The van der Waals surface area contributed by atoms with Crippen molar-refractivity contribution in [2.75, 3.05) is 13.2 Å². The van der Waals surface area contributed by atoms with E-state index >= 15 is 0 Å². The molecule has 1 N–H and O–H groups in total. The molecule has 28 heavy (non-hydrogen) atoms. The molecule has 0 spiro atoms. The molecule has 1 aliphatic heterocycles. The predicted octanol–water partition coefficient (Wildman–Crippen LogP) is 4.14. The maximum atomic E-state index is 12.5. The van der Waals surface area contributed by atoms with Crippen LogP contribution in [0.15, 0.2) is 66.5 Å². The molecule has 146 valence electrons. The van der Waals surface area contributed by atoms with E-state index in [2.05, 4.69) is 4.98 Å². The Labute approximate surface area is 158 Å². The average molecular weight is 392 g/mol. The molecule has 1 amide bonds. The molecule has 0 saturated carbocycles. The Morgan fingerprint density at radius 2 is 1.86 bits per heavy atom. The molecule has 0 unspecified atom stereocenters. The molecule has 0 aliphatic carbocycles. The number of rotatable bonds is 4. The van der Waals surface area contributed by atoms with Crippen LogP contribution in [0.4, 0.5) is 18.0 Å². The minimum atomic E-state index is -4.46. The molecule has 1 aliphatic rings. The Balaban J connectivity index is 1.57. The molecule has 0 atom stereocenters. The number of ether oxygens (including phenoxy) is 2. The van der Waals surface area contributed by atoms with Crippen LogP contribution in [0.25, 0.3) is 0 Å². The fourth-order valence-corrected chi connectivity index (χ4v) is 2.25. The van der Waals surface area contributed by atoms with Crippen molar-refractivity contribution >= 4 is 6.09 Å². The largest absolute Gasteiger partial charge is 0.439 e. The number of hydrogen-bond acceptors (Lipinski definition) is 5. The highest BCUT2D eigenvalue weighted by atomic mass is 19.4. The van der Waals surface area contributed by atoms with Crippen LogP contribution in [-0.2, 0) is 6.18 Å². The summed E-state index contributed by atoms with van der Waals surface area (Å²) < 4.78 is 48.2. The minimum Gasteiger partial charge on any atom is -0.439 e. The second kappa shape index (κ2) is 8.13. The summed E-state index contributed by atoms with van der Waals surface area (Å²) in [6.45, 7) is 0.181. The van der Waals surface area contributed by atoms with Gasteiger partial charge in [-0.05, 0) is 42.0 Å². The summed E-state index contributed by atoms with van der Waals surface area (Å²) in [5.74, 6) is 0.589. The second-order valence-electron chi connectivity index (χ2n) is 5.73. The van der Waals surface area contributed by atoms with E-state index in [4.69, 9.17) is 14.6 Å². The molecule has 2 aromatic rings. The summed E-state index contributed by atoms with van der Waals surface area (Å²) >= 11 is 0. The van der Waals surface area contributed by atoms with Crippen LogP contribution in [0.1, 0.15) is 5.56 Å². The molecule has 1 aromatic heterocycles. The third-order valence-corrected chi connectivity index (χ3v) is 3.75. The first kappa shape index (κ1) is 19.4. The zero-order valence-electron chi connectivity index (χ0n) is 14.4. The average Bonchev–Trinajstić information content (AvgIpc) is 2.69. The van der Waals surface area contributed by atoms with Crippen LogP contribution in [-0.4, -0.2) is 34.2 Å². The number of hydrogen-bond donors (Lipinski definition) is 1. The van der Waals surface area contributed by atoms with Crippen molar-refractivity contribution in [1.82, 2.24) is 9.88 Å². The molecule has 0 saturated heterocycles. The lowest BCUT2D eigenvalue weighted by Gasteiger charge is -2.19. The minimum absolute atomic E-state index is 0.00248. The number of halogens is 3. The van der Waals surface area contributed by atoms with Crippen molar-refractivity contribution in [3.05, 3.63) is 72.1 Å². The summed E-state index contributed by atoms with van der Waals surface area (Å²) in [4.78, 5) is 17.0. The zero-order valence-corrected chi connectivity index (χ0v) is 14.4. The molecular weight excluding hydrogens is 377 g/mol. The van der Waals surface area contributed by atoms with Crippen LogP contribution in [0, 0.1) is 0 Å². The van der Waals surface area contributed by atoms with Crippen molar-refractivity contribution in [3.63, 3.8) is 0 Å². The Morgan fingerprint density at radius 1 is 1.14 bits per heavy atom. The monoisotopic (exact) mass is 392 g/mol. The third-order valence-electron chi connectivity index (χ3n) is 3.75. The molecule has 0 radical (unpaired) electrons. The van der Waals surface area contributed by atoms with Gasteiger partial charge in [0.15, 0.2) is 0 Å². The Bertz CT molecular complexity index is 891. The van der Waals surface area contributed by atoms with Crippen molar-refractivity contribution in [3.8, 4) is 17.4 Å². The predicted molar refractivity (Wildman–Crippen MR) is 92.8 cm³/mol. The van der Waals surface area contributed by atoms with Gasteiger partial charge in [-0.15, -0.1) is 0 Å². The number of aromatic nitrogens is 1. The number of carbonyl (C=O) groups excluding carboxylic acids is 1. The summed E-state index contributed by atoms with van der Waals surface area (Å²) in [6.07, 6.45) is 0.461. The topological polar surface area (TPSA) is 71.9 Å². The molecule has 2 heterocycles. The van der Waals surface area contributed by atoms with Crippen molar-refractivity contribution < 1.29 is 32.5 Å². The van der Waals surface area contributed by atoms with Gasteiger partial charge in [0.2, 0.25) is 5.88 Å². The fraction of sp³-hybridized carbons (Fsp3) is 0.158. The molecule has 9 heteroatoms. The van der Waals surface area contributed by atoms with Gasteiger partial charge in [0.1, 0.15) is 11.5 Å². The smallest absolute Gasteiger partial charge is 0.419 e. The normalized spacial score (nSPS) is 13.9. The van der Waals surface area contributed by atoms with Crippen molar-refractivity contribution in [2.24, 2.45) is 0 Å². The van der Waals surface area contributed by atoms with E-state index in [0.29, 0.717) is 17.5 Å². The van der Waals surface area contributed by atoms with Gasteiger partial charge in [-0.1, -0.05) is 6.08 Å². The number of aliphatic hydroxyl groups excluding tert-OH is 1. The van der Waals surface area contributed by atoms with Gasteiger partial charge < -0.3 is 14.6 Å². The fourth-order valence-electron chi connectivity index (χ4n) is 2.25. The van der Waals surface area contributed by atoms with Crippen LogP contribution in [0.3, 0.4) is 0 Å². The van der Waals surface area contributed by atoms with E-state index in [0.717, 1.165) is 12.1 Å². The standard InChI is InChI=1S/C19H15F3N2O4/c20-19(21,22)14-1-6-17(23-11-14)27-15-2-4-16(5-3-15)28-18(26)24-9-7-13(12-25)8-10-24/h1-9,11,25H,10,12H2. The molecular formula is C19H15F3N2O4. The van der Waals surface area contributed by atoms with Crippen LogP contribution < -0.4 is 9.47 Å². The first-order chi connectivity index (χ1) is 13.3. The van der Waals surface area contributed by atoms with Crippen molar-refractivity contribution in [1.29, 1.82) is 0 Å². The third kappa shape index (κ3) is 4.89. The number of benzene rings is 1. The van der Waals surface area contributed by atoms with E-state index in [1.54, 1.807) is 12.2 Å². The molecule has 0 fully saturated rings. The number of amides is 1. The number of alkyl halides is 3. The summed E-state index contributed by atoms with van der Waals surface area (Å²) in [6, 6.07) is 7.96. The van der Waals surface area contributed by atoms with Gasteiger partial charge >= 0.3 is 12.3 Å². The van der Waals surface area contributed by atoms with Crippen molar-refractivity contribution in [2.45, 2.75) is 6.18 Å². The second-order valence-corrected chi connectivity index (χ2v) is 5.73. The van der Waals surface area contributed by atoms with Crippen LogP contribution in [0.2, 0.25) is 0 Å². The van der Waals surface area contributed by atoms with E-state index < -0.39 is 17.8 Å². The van der Waals surface area contributed by atoms with Gasteiger partial charge in [-0.2, -0.15) is 13.2 Å². The van der Waals surface area contributed by atoms with Gasteiger partial charge in [0.25, 0.3) is 0 Å². The molecule has 3 rings (SSSR count).